The van der Waals surface area contributed by atoms with Crippen LogP contribution in [0.2, 0.25) is 5.15 Å². The third-order valence-electron chi connectivity index (χ3n) is 3.86. The van der Waals surface area contributed by atoms with E-state index in [1.807, 2.05) is 0 Å². The van der Waals surface area contributed by atoms with E-state index in [2.05, 4.69) is 23.7 Å². The number of aromatic nitrogens is 1. The van der Waals surface area contributed by atoms with Crippen molar-refractivity contribution in [3.05, 3.63) is 10.0 Å². The van der Waals surface area contributed by atoms with Crippen molar-refractivity contribution in [2.45, 2.75) is 33.1 Å². The third-order valence-corrected chi connectivity index (χ3v) is 5.35. The molecular formula is C12H17ClN2O2S. The van der Waals surface area contributed by atoms with E-state index in [9.17, 15) is 4.79 Å². The molecule has 0 atom stereocenters. The van der Waals surface area contributed by atoms with E-state index in [0.717, 1.165) is 31.1 Å². The van der Waals surface area contributed by atoms with Gasteiger partial charge in [0, 0.05) is 13.1 Å². The fourth-order valence-electron chi connectivity index (χ4n) is 2.15. The molecular weight excluding hydrogens is 272 g/mol. The minimum absolute atomic E-state index is 0.103. The predicted molar refractivity (Wildman–Crippen MR) is 73.9 cm³/mol. The van der Waals surface area contributed by atoms with Crippen molar-refractivity contribution in [3.63, 3.8) is 0 Å². The molecule has 1 aliphatic heterocycles. The number of hydrogen-bond acceptors (Lipinski definition) is 4. The van der Waals surface area contributed by atoms with Crippen LogP contribution in [-0.2, 0) is 0 Å². The molecule has 100 valence electrons. The Morgan fingerprint density at radius 3 is 2.61 bits per heavy atom. The summed E-state index contributed by atoms with van der Waals surface area (Å²) in [5, 5.41) is 9.80. The highest BCUT2D eigenvalue weighted by atomic mass is 35.5. The molecule has 4 nitrogen and oxygen atoms in total. The maximum atomic E-state index is 10.9. The number of aromatic carboxylic acids is 1. The molecule has 0 unspecified atom stereocenters. The Balaban J connectivity index is 2.10. The molecule has 2 heterocycles. The molecule has 1 saturated heterocycles. The molecule has 0 aromatic carbocycles. The number of nitrogens with zero attached hydrogens (tertiary/aromatic N) is 2. The van der Waals surface area contributed by atoms with Crippen LogP contribution >= 0.6 is 22.9 Å². The zero-order valence-corrected chi connectivity index (χ0v) is 12.1. The Morgan fingerprint density at radius 2 is 2.17 bits per heavy atom. The Morgan fingerprint density at radius 1 is 1.56 bits per heavy atom. The van der Waals surface area contributed by atoms with Crippen molar-refractivity contribution in [3.8, 4) is 0 Å². The molecule has 1 aromatic rings. The number of carboxylic acid groups (broad SMARTS) is 1. The van der Waals surface area contributed by atoms with Crippen molar-refractivity contribution in [1.29, 1.82) is 0 Å². The van der Waals surface area contributed by atoms with Gasteiger partial charge < -0.3 is 10.0 Å². The largest absolute Gasteiger partial charge is 0.477 e. The molecule has 18 heavy (non-hydrogen) atoms. The SMILES string of the molecule is CCC1(C)CCN(c2nc(Cl)c(C(=O)O)s2)CC1. The molecule has 0 spiro atoms. The van der Waals surface area contributed by atoms with Crippen LogP contribution in [0.15, 0.2) is 0 Å². The van der Waals surface area contributed by atoms with Gasteiger partial charge in [-0.1, -0.05) is 43.2 Å². The summed E-state index contributed by atoms with van der Waals surface area (Å²) in [4.78, 5) is 17.4. The monoisotopic (exact) mass is 288 g/mol. The van der Waals surface area contributed by atoms with Gasteiger partial charge in [0.15, 0.2) is 15.2 Å². The van der Waals surface area contributed by atoms with Crippen LogP contribution in [0, 0.1) is 5.41 Å². The smallest absolute Gasteiger partial charge is 0.349 e. The molecule has 0 saturated carbocycles. The molecule has 0 radical (unpaired) electrons. The van der Waals surface area contributed by atoms with Gasteiger partial charge in [-0.2, -0.15) is 0 Å². The molecule has 2 rings (SSSR count). The van der Waals surface area contributed by atoms with E-state index < -0.39 is 5.97 Å². The van der Waals surface area contributed by atoms with Crippen molar-refractivity contribution >= 4 is 34.0 Å². The van der Waals surface area contributed by atoms with Gasteiger partial charge in [0.05, 0.1) is 0 Å². The summed E-state index contributed by atoms with van der Waals surface area (Å²) in [5.74, 6) is -1.00. The summed E-state index contributed by atoms with van der Waals surface area (Å²) in [6, 6.07) is 0. The van der Waals surface area contributed by atoms with E-state index in [1.165, 1.54) is 17.8 Å². The van der Waals surface area contributed by atoms with Crippen LogP contribution in [0.3, 0.4) is 0 Å². The van der Waals surface area contributed by atoms with E-state index in [-0.39, 0.29) is 10.0 Å². The first-order chi connectivity index (χ1) is 8.45. The quantitative estimate of drug-likeness (QED) is 0.925. The van der Waals surface area contributed by atoms with Crippen LogP contribution in [0.4, 0.5) is 5.13 Å². The van der Waals surface area contributed by atoms with Gasteiger partial charge in [-0.05, 0) is 18.3 Å². The number of piperidine rings is 1. The second-order valence-electron chi connectivity index (χ2n) is 5.07. The van der Waals surface area contributed by atoms with Gasteiger partial charge in [0.25, 0.3) is 0 Å². The lowest BCUT2D eigenvalue weighted by Crippen LogP contribution is -2.38. The van der Waals surface area contributed by atoms with Crippen molar-refractivity contribution in [2.24, 2.45) is 5.41 Å². The zero-order valence-electron chi connectivity index (χ0n) is 10.6. The summed E-state index contributed by atoms with van der Waals surface area (Å²) < 4.78 is 0. The number of carboxylic acids is 1. The Kier molecular flexibility index (Phi) is 3.82. The molecule has 1 aliphatic rings. The van der Waals surface area contributed by atoms with Crippen molar-refractivity contribution in [2.75, 3.05) is 18.0 Å². The van der Waals surface area contributed by atoms with Gasteiger partial charge in [-0.25, -0.2) is 9.78 Å². The predicted octanol–water partition coefficient (Wildman–Crippen LogP) is 3.51. The molecule has 0 aliphatic carbocycles. The van der Waals surface area contributed by atoms with E-state index in [4.69, 9.17) is 16.7 Å². The van der Waals surface area contributed by atoms with Gasteiger partial charge in [-0.3, -0.25) is 0 Å². The second kappa shape index (κ2) is 5.05. The summed E-state index contributed by atoms with van der Waals surface area (Å²) in [5.41, 5.74) is 0.410. The lowest BCUT2D eigenvalue weighted by Gasteiger charge is -2.38. The summed E-state index contributed by atoms with van der Waals surface area (Å²) >= 11 is 7.00. The number of hydrogen-bond donors (Lipinski definition) is 1. The minimum atomic E-state index is -1.00. The number of thiazole rings is 1. The maximum absolute atomic E-state index is 10.9. The van der Waals surface area contributed by atoms with E-state index >= 15 is 0 Å². The highest BCUT2D eigenvalue weighted by molar-refractivity contribution is 7.18. The minimum Gasteiger partial charge on any atom is -0.477 e. The highest BCUT2D eigenvalue weighted by Crippen LogP contribution is 2.37. The van der Waals surface area contributed by atoms with Crippen LogP contribution in [0.5, 0.6) is 0 Å². The summed E-state index contributed by atoms with van der Waals surface area (Å²) in [6.45, 7) is 6.38. The van der Waals surface area contributed by atoms with E-state index in [1.54, 1.807) is 0 Å². The first kappa shape index (κ1) is 13.6. The average molecular weight is 289 g/mol. The molecule has 1 N–H and O–H groups in total. The van der Waals surface area contributed by atoms with Gasteiger partial charge >= 0.3 is 5.97 Å². The number of halogens is 1. The molecule has 6 heteroatoms. The topological polar surface area (TPSA) is 53.4 Å². The normalized spacial score (nSPS) is 18.9. The van der Waals surface area contributed by atoms with Gasteiger partial charge in [0.1, 0.15) is 0 Å². The highest BCUT2D eigenvalue weighted by Gasteiger charge is 2.30. The van der Waals surface area contributed by atoms with Crippen molar-refractivity contribution in [1.82, 2.24) is 4.98 Å². The fourth-order valence-corrected chi connectivity index (χ4v) is 3.32. The van der Waals surface area contributed by atoms with Crippen LogP contribution < -0.4 is 4.90 Å². The number of anilines is 1. The first-order valence-corrected chi connectivity index (χ1v) is 7.29. The van der Waals surface area contributed by atoms with Crippen molar-refractivity contribution < 1.29 is 9.90 Å². The first-order valence-electron chi connectivity index (χ1n) is 6.10. The third kappa shape index (κ3) is 2.62. The Bertz CT molecular complexity index is 453. The second-order valence-corrected chi connectivity index (χ2v) is 6.41. The van der Waals surface area contributed by atoms with Gasteiger partial charge in [0.2, 0.25) is 0 Å². The summed E-state index contributed by atoms with van der Waals surface area (Å²) in [7, 11) is 0. The van der Waals surface area contributed by atoms with E-state index in [0.29, 0.717) is 5.41 Å². The Labute approximate surface area is 116 Å². The maximum Gasteiger partial charge on any atom is 0.349 e. The molecule has 0 amide bonds. The van der Waals surface area contributed by atoms with Crippen LogP contribution in [0.25, 0.3) is 0 Å². The number of rotatable bonds is 3. The molecule has 1 fully saturated rings. The van der Waals surface area contributed by atoms with Gasteiger partial charge in [-0.15, -0.1) is 0 Å². The average Bonchev–Trinajstić information content (AvgIpc) is 2.72. The summed E-state index contributed by atoms with van der Waals surface area (Å²) in [6.07, 6.45) is 3.41. The number of carbonyl (C=O) groups is 1. The fraction of sp³-hybridized carbons (Fsp3) is 0.667. The lowest BCUT2D eigenvalue weighted by molar-refractivity contribution is 0.0702. The van der Waals surface area contributed by atoms with Crippen LogP contribution in [-0.4, -0.2) is 29.1 Å². The zero-order chi connectivity index (χ0) is 13.3. The Hall–Kier alpha value is -0.810. The molecule has 0 bridgehead atoms. The standard InChI is InChI=1S/C12H17ClN2O2S/c1-3-12(2)4-6-15(7-5-12)11-14-9(13)8(18-11)10(16)17/h3-7H2,1-2H3,(H,16,17). The van der Waals surface area contributed by atoms with Crippen LogP contribution in [0.1, 0.15) is 42.8 Å². The lowest BCUT2D eigenvalue weighted by atomic mass is 9.78. The molecule has 1 aromatic heterocycles.